The number of primary amides is 1. The molecule has 2 aromatic carbocycles. The van der Waals surface area contributed by atoms with Gasteiger partial charge >= 0.3 is 0 Å². The molecule has 0 saturated heterocycles. The van der Waals surface area contributed by atoms with Crippen LogP contribution in [0.5, 0.6) is 0 Å². The lowest BCUT2D eigenvalue weighted by atomic mass is 9.79. The van der Waals surface area contributed by atoms with Crippen LogP contribution in [0.15, 0.2) is 47.4 Å². The maximum absolute atomic E-state index is 13.9. The second-order valence-electron chi connectivity index (χ2n) is 11.2. The van der Waals surface area contributed by atoms with Gasteiger partial charge in [0, 0.05) is 24.5 Å². The SMILES string of the molecule is CCN(CC)C(=O)C(CC1CCC(N(C(=O)C(C)(C)C)S(=O)(=O)c2ccc3ccccc3c2)CC1)C(N)=O. The van der Waals surface area contributed by atoms with Gasteiger partial charge < -0.3 is 10.6 Å². The van der Waals surface area contributed by atoms with E-state index in [1.54, 1.807) is 43.9 Å². The smallest absolute Gasteiger partial charge is 0.266 e. The Morgan fingerprint density at radius 3 is 2.05 bits per heavy atom. The molecule has 0 heterocycles. The lowest BCUT2D eigenvalue weighted by Gasteiger charge is -2.39. The van der Waals surface area contributed by atoms with Gasteiger partial charge in [-0.2, -0.15) is 0 Å². The molecule has 208 valence electrons. The van der Waals surface area contributed by atoms with Gasteiger partial charge in [-0.05, 0) is 74.8 Å². The molecule has 1 unspecified atom stereocenters. The zero-order chi connectivity index (χ0) is 28.3. The van der Waals surface area contributed by atoms with Crippen molar-refractivity contribution >= 4 is 38.5 Å². The fourth-order valence-corrected chi connectivity index (χ4v) is 7.12. The van der Waals surface area contributed by atoms with Crippen LogP contribution < -0.4 is 5.73 Å². The van der Waals surface area contributed by atoms with Crippen molar-refractivity contribution in [3.63, 3.8) is 0 Å². The maximum atomic E-state index is 13.9. The summed E-state index contributed by atoms with van der Waals surface area (Å²) >= 11 is 0. The number of amides is 3. The minimum absolute atomic E-state index is 0.0400. The fraction of sp³-hybridized carbons (Fsp3) is 0.552. The summed E-state index contributed by atoms with van der Waals surface area (Å²) in [6, 6.07) is 11.9. The Morgan fingerprint density at radius 1 is 0.947 bits per heavy atom. The number of rotatable bonds is 9. The summed E-state index contributed by atoms with van der Waals surface area (Å²) in [4.78, 5) is 40.3. The first-order valence-electron chi connectivity index (χ1n) is 13.5. The molecule has 2 N–H and O–H groups in total. The summed E-state index contributed by atoms with van der Waals surface area (Å²) in [5.74, 6) is -2.19. The first-order valence-corrected chi connectivity index (χ1v) is 14.9. The molecule has 1 saturated carbocycles. The van der Waals surface area contributed by atoms with E-state index < -0.39 is 39.2 Å². The average Bonchev–Trinajstić information content (AvgIpc) is 2.87. The normalized spacial score (nSPS) is 19.1. The molecule has 3 rings (SSSR count). The van der Waals surface area contributed by atoms with Crippen LogP contribution >= 0.6 is 0 Å². The third-order valence-corrected chi connectivity index (χ3v) is 9.38. The number of hydrogen-bond donors (Lipinski definition) is 1. The molecule has 0 aliphatic heterocycles. The van der Waals surface area contributed by atoms with Crippen molar-refractivity contribution in [3.05, 3.63) is 42.5 Å². The summed E-state index contributed by atoms with van der Waals surface area (Å²) in [6.45, 7) is 9.90. The predicted octanol–water partition coefficient (Wildman–Crippen LogP) is 4.32. The standard InChI is InChI=1S/C29H41N3O5S/c1-6-31(7-2)27(34)25(26(30)33)18-20-12-15-23(16-13-20)32(28(35)29(3,4)5)38(36,37)24-17-14-21-10-8-9-11-22(21)19-24/h8-11,14,17,19-20,23,25H,6-7,12-13,15-16,18H2,1-5H3,(H2,30,33). The van der Waals surface area contributed by atoms with E-state index in [4.69, 9.17) is 5.73 Å². The topological polar surface area (TPSA) is 118 Å². The Morgan fingerprint density at radius 2 is 1.53 bits per heavy atom. The largest absolute Gasteiger partial charge is 0.369 e. The van der Waals surface area contributed by atoms with E-state index in [9.17, 15) is 22.8 Å². The van der Waals surface area contributed by atoms with E-state index in [1.165, 1.54) is 0 Å². The monoisotopic (exact) mass is 543 g/mol. The van der Waals surface area contributed by atoms with Crippen LogP contribution in [-0.4, -0.2) is 54.5 Å². The minimum Gasteiger partial charge on any atom is -0.369 e. The molecule has 1 fully saturated rings. The Balaban J connectivity index is 1.84. The first kappa shape index (κ1) is 29.6. The Kier molecular flexibility index (Phi) is 9.23. The van der Waals surface area contributed by atoms with Crippen LogP contribution in [0.4, 0.5) is 0 Å². The number of carbonyl (C=O) groups is 3. The number of hydrogen-bond acceptors (Lipinski definition) is 5. The van der Waals surface area contributed by atoms with E-state index in [2.05, 4.69) is 0 Å². The van der Waals surface area contributed by atoms with Gasteiger partial charge in [-0.25, -0.2) is 12.7 Å². The van der Waals surface area contributed by atoms with Crippen molar-refractivity contribution < 1.29 is 22.8 Å². The highest BCUT2D eigenvalue weighted by Crippen LogP contribution is 2.37. The van der Waals surface area contributed by atoms with Crippen molar-refractivity contribution in [3.8, 4) is 0 Å². The highest BCUT2D eigenvalue weighted by atomic mass is 32.2. The van der Waals surface area contributed by atoms with Crippen molar-refractivity contribution in [2.45, 2.75) is 77.7 Å². The van der Waals surface area contributed by atoms with Crippen LogP contribution in [0, 0.1) is 17.3 Å². The molecular formula is C29H41N3O5S. The van der Waals surface area contributed by atoms with Gasteiger partial charge in [0.1, 0.15) is 5.92 Å². The molecule has 0 bridgehead atoms. The molecule has 1 aliphatic carbocycles. The zero-order valence-corrected chi connectivity index (χ0v) is 24.0. The highest BCUT2D eigenvalue weighted by molar-refractivity contribution is 7.89. The molecular weight excluding hydrogens is 502 g/mol. The van der Waals surface area contributed by atoms with E-state index in [1.807, 2.05) is 38.1 Å². The Labute approximate surface area is 226 Å². The van der Waals surface area contributed by atoms with E-state index >= 15 is 0 Å². The number of nitrogens with zero attached hydrogens (tertiary/aromatic N) is 2. The molecule has 0 spiro atoms. The molecule has 0 radical (unpaired) electrons. The van der Waals surface area contributed by atoms with Crippen LogP contribution in [-0.2, 0) is 24.4 Å². The first-order chi connectivity index (χ1) is 17.8. The fourth-order valence-electron chi connectivity index (χ4n) is 5.29. The Hall–Kier alpha value is -2.94. The third-order valence-electron chi connectivity index (χ3n) is 7.55. The molecule has 2 aromatic rings. The number of nitrogens with two attached hydrogens (primary N) is 1. The number of sulfonamides is 1. The minimum atomic E-state index is -4.11. The molecule has 1 aliphatic rings. The third kappa shape index (κ3) is 6.37. The second kappa shape index (κ2) is 11.8. The number of benzene rings is 2. The summed E-state index contributed by atoms with van der Waals surface area (Å²) in [5, 5.41) is 1.71. The summed E-state index contributed by atoms with van der Waals surface area (Å²) < 4.78 is 29.0. The van der Waals surface area contributed by atoms with Gasteiger partial charge in [-0.1, -0.05) is 51.1 Å². The summed E-state index contributed by atoms with van der Waals surface area (Å²) in [7, 11) is -4.11. The lowest BCUT2D eigenvalue weighted by molar-refractivity contribution is -0.141. The average molecular weight is 544 g/mol. The van der Waals surface area contributed by atoms with Crippen LogP contribution in [0.25, 0.3) is 10.8 Å². The molecule has 1 atom stereocenters. The quantitative estimate of drug-likeness (QED) is 0.473. The zero-order valence-electron chi connectivity index (χ0n) is 23.1. The maximum Gasteiger partial charge on any atom is 0.266 e. The van der Waals surface area contributed by atoms with Gasteiger partial charge in [0.2, 0.25) is 17.7 Å². The molecule has 38 heavy (non-hydrogen) atoms. The van der Waals surface area contributed by atoms with Crippen LogP contribution in [0.1, 0.15) is 66.7 Å². The summed E-state index contributed by atoms with van der Waals surface area (Å²) in [6.07, 6.45) is 2.46. The molecule has 9 heteroatoms. The summed E-state index contributed by atoms with van der Waals surface area (Å²) in [5.41, 5.74) is 4.71. The van der Waals surface area contributed by atoms with Gasteiger partial charge in [0.05, 0.1) is 4.90 Å². The Bertz CT molecular complexity index is 1270. The van der Waals surface area contributed by atoms with E-state index in [0.29, 0.717) is 45.2 Å². The predicted molar refractivity (Wildman–Crippen MR) is 148 cm³/mol. The van der Waals surface area contributed by atoms with Gasteiger partial charge in [-0.3, -0.25) is 14.4 Å². The van der Waals surface area contributed by atoms with Gasteiger partial charge in [0.15, 0.2) is 0 Å². The van der Waals surface area contributed by atoms with Crippen molar-refractivity contribution in [1.82, 2.24) is 9.21 Å². The van der Waals surface area contributed by atoms with Crippen molar-refractivity contribution in [2.75, 3.05) is 13.1 Å². The van der Waals surface area contributed by atoms with Gasteiger partial charge in [0.25, 0.3) is 10.0 Å². The molecule has 8 nitrogen and oxygen atoms in total. The van der Waals surface area contributed by atoms with Crippen molar-refractivity contribution in [2.24, 2.45) is 23.0 Å². The molecule has 0 aromatic heterocycles. The van der Waals surface area contributed by atoms with Crippen LogP contribution in [0.2, 0.25) is 0 Å². The van der Waals surface area contributed by atoms with Gasteiger partial charge in [-0.15, -0.1) is 0 Å². The highest BCUT2D eigenvalue weighted by Gasteiger charge is 2.42. The molecule has 3 amide bonds. The van der Waals surface area contributed by atoms with Crippen molar-refractivity contribution in [1.29, 1.82) is 0 Å². The second-order valence-corrected chi connectivity index (χ2v) is 13.1. The number of fused-ring (bicyclic) bond motifs is 1. The van der Waals surface area contributed by atoms with E-state index in [-0.39, 0.29) is 16.7 Å². The van der Waals surface area contributed by atoms with E-state index in [0.717, 1.165) is 15.1 Å². The lowest BCUT2D eigenvalue weighted by Crippen LogP contribution is -2.50. The van der Waals surface area contributed by atoms with Crippen LogP contribution in [0.3, 0.4) is 0 Å². The number of carbonyl (C=O) groups excluding carboxylic acids is 3.